The summed E-state index contributed by atoms with van der Waals surface area (Å²) in [5, 5.41) is 0.918. The highest BCUT2D eigenvalue weighted by atomic mass is 35.5. The summed E-state index contributed by atoms with van der Waals surface area (Å²) >= 11 is 11.8. The van der Waals surface area contributed by atoms with E-state index in [-0.39, 0.29) is 5.78 Å². The van der Waals surface area contributed by atoms with Crippen LogP contribution in [0.2, 0.25) is 10.0 Å². The van der Waals surface area contributed by atoms with E-state index in [4.69, 9.17) is 27.9 Å². The van der Waals surface area contributed by atoms with Gasteiger partial charge < -0.3 is 4.74 Å². The van der Waals surface area contributed by atoms with Crippen molar-refractivity contribution in [1.82, 2.24) is 0 Å². The first-order chi connectivity index (χ1) is 9.47. The van der Waals surface area contributed by atoms with Gasteiger partial charge in [0.25, 0.3) is 0 Å². The molecule has 0 bridgehead atoms. The molecule has 0 heterocycles. The van der Waals surface area contributed by atoms with Crippen LogP contribution in [0.1, 0.15) is 22.8 Å². The lowest BCUT2D eigenvalue weighted by Crippen LogP contribution is -2.24. The molecule has 2 aromatic rings. The normalized spacial score (nSPS) is 12.0. The lowest BCUT2D eigenvalue weighted by atomic mass is 10.1. The molecule has 104 valence electrons. The summed E-state index contributed by atoms with van der Waals surface area (Å²) in [5.74, 6) is 0.361. The minimum Gasteiger partial charge on any atom is -0.481 e. The van der Waals surface area contributed by atoms with Crippen LogP contribution in [0.5, 0.6) is 5.75 Å². The van der Waals surface area contributed by atoms with Crippen LogP contribution in [0.3, 0.4) is 0 Å². The summed E-state index contributed by atoms with van der Waals surface area (Å²) in [4.78, 5) is 12.2. The van der Waals surface area contributed by atoms with E-state index in [9.17, 15) is 4.79 Å². The first kappa shape index (κ1) is 14.9. The number of hydrogen-bond donors (Lipinski definition) is 0. The molecule has 0 fully saturated rings. The van der Waals surface area contributed by atoms with Crippen LogP contribution in [0.25, 0.3) is 0 Å². The van der Waals surface area contributed by atoms with Gasteiger partial charge in [-0.15, -0.1) is 0 Å². The number of carbonyl (C=O) groups is 1. The maximum absolute atomic E-state index is 12.2. The first-order valence-electron chi connectivity index (χ1n) is 6.20. The lowest BCUT2D eigenvalue weighted by molar-refractivity contribution is 0.0818. The first-order valence-corrected chi connectivity index (χ1v) is 6.95. The highest BCUT2D eigenvalue weighted by Gasteiger charge is 2.18. The number of carbonyl (C=O) groups excluding carboxylic acids is 1. The molecule has 0 N–H and O–H groups in total. The third-order valence-electron chi connectivity index (χ3n) is 2.90. The van der Waals surface area contributed by atoms with E-state index >= 15 is 0 Å². The van der Waals surface area contributed by atoms with Crippen molar-refractivity contribution in [2.75, 3.05) is 0 Å². The predicted molar refractivity (Wildman–Crippen MR) is 82.1 cm³/mol. The molecule has 0 aliphatic carbocycles. The van der Waals surface area contributed by atoms with E-state index in [1.807, 2.05) is 19.1 Å². The summed E-state index contributed by atoms with van der Waals surface area (Å²) < 4.78 is 5.61. The number of hydrogen-bond acceptors (Lipinski definition) is 2. The number of halogens is 2. The van der Waals surface area contributed by atoms with Crippen LogP contribution in [0, 0.1) is 6.92 Å². The van der Waals surface area contributed by atoms with Gasteiger partial charge in [0.05, 0.1) is 5.02 Å². The van der Waals surface area contributed by atoms with Crippen molar-refractivity contribution in [3.63, 3.8) is 0 Å². The minimum atomic E-state index is -0.614. The molecular weight excluding hydrogens is 295 g/mol. The van der Waals surface area contributed by atoms with Gasteiger partial charge in [-0.05, 0) is 32.0 Å². The fourth-order valence-corrected chi connectivity index (χ4v) is 2.22. The fourth-order valence-electron chi connectivity index (χ4n) is 1.77. The van der Waals surface area contributed by atoms with Gasteiger partial charge in [-0.3, -0.25) is 4.79 Å². The van der Waals surface area contributed by atoms with Crippen molar-refractivity contribution >= 4 is 29.0 Å². The quantitative estimate of drug-likeness (QED) is 0.747. The summed E-state index contributed by atoms with van der Waals surface area (Å²) in [6.07, 6.45) is -0.614. The summed E-state index contributed by atoms with van der Waals surface area (Å²) in [5.41, 5.74) is 1.73. The van der Waals surface area contributed by atoms with Crippen molar-refractivity contribution in [2.24, 2.45) is 0 Å². The zero-order valence-electron chi connectivity index (χ0n) is 11.2. The number of benzene rings is 2. The molecule has 0 aromatic heterocycles. The Hall–Kier alpha value is -1.51. The number of ether oxygens (including phenoxy) is 1. The van der Waals surface area contributed by atoms with E-state index in [0.29, 0.717) is 21.4 Å². The third-order valence-corrected chi connectivity index (χ3v) is 3.43. The Balaban J connectivity index is 2.13. The highest BCUT2D eigenvalue weighted by molar-refractivity contribution is 6.35. The second-order valence-corrected chi connectivity index (χ2v) is 5.41. The van der Waals surface area contributed by atoms with Gasteiger partial charge in [0.2, 0.25) is 5.78 Å². The van der Waals surface area contributed by atoms with Crippen LogP contribution in [-0.4, -0.2) is 11.9 Å². The maximum atomic E-state index is 12.2. The monoisotopic (exact) mass is 308 g/mol. The molecule has 0 spiro atoms. The fraction of sp³-hybridized carbons (Fsp3) is 0.188. The maximum Gasteiger partial charge on any atom is 0.202 e. The molecule has 2 nitrogen and oxygen atoms in total. The zero-order chi connectivity index (χ0) is 14.7. The van der Waals surface area contributed by atoms with Crippen LogP contribution in [-0.2, 0) is 0 Å². The Morgan fingerprint density at radius 2 is 1.75 bits per heavy atom. The summed E-state index contributed by atoms with van der Waals surface area (Å²) in [6.45, 7) is 3.68. The van der Waals surface area contributed by atoms with E-state index < -0.39 is 6.10 Å². The van der Waals surface area contributed by atoms with Gasteiger partial charge in [0.15, 0.2) is 6.10 Å². The zero-order valence-corrected chi connectivity index (χ0v) is 12.7. The molecule has 4 heteroatoms. The lowest BCUT2D eigenvalue weighted by Gasteiger charge is -2.15. The molecule has 1 atom stereocenters. The van der Waals surface area contributed by atoms with Crippen molar-refractivity contribution < 1.29 is 9.53 Å². The molecule has 1 unspecified atom stereocenters. The molecule has 2 aromatic carbocycles. The van der Waals surface area contributed by atoms with Gasteiger partial charge in [0.1, 0.15) is 5.75 Å². The second kappa shape index (κ2) is 6.29. The minimum absolute atomic E-state index is 0.0870. The average molecular weight is 309 g/mol. The molecular formula is C16H14Cl2O2. The molecule has 0 saturated heterocycles. The second-order valence-electron chi connectivity index (χ2n) is 4.57. The van der Waals surface area contributed by atoms with Crippen LogP contribution < -0.4 is 4.74 Å². The van der Waals surface area contributed by atoms with Crippen LogP contribution in [0.4, 0.5) is 0 Å². The van der Waals surface area contributed by atoms with Gasteiger partial charge in [0, 0.05) is 10.6 Å². The van der Waals surface area contributed by atoms with Crippen LogP contribution >= 0.6 is 23.2 Å². The van der Waals surface area contributed by atoms with Crippen molar-refractivity contribution in [2.45, 2.75) is 20.0 Å². The molecule has 0 radical (unpaired) electrons. The van der Waals surface area contributed by atoms with Crippen LogP contribution in [0.15, 0.2) is 42.5 Å². The Labute approximate surface area is 128 Å². The topological polar surface area (TPSA) is 26.3 Å². The molecule has 0 amide bonds. The van der Waals surface area contributed by atoms with Gasteiger partial charge in [-0.1, -0.05) is 53.0 Å². The molecule has 2 rings (SSSR count). The smallest absolute Gasteiger partial charge is 0.202 e. The Morgan fingerprint density at radius 1 is 1.10 bits per heavy atom. The van der Waals surface area contributed by atoms with E-state index in [1.165, 1.54) is 0 Å². The largest absolute Gasteiger partial charge is 0.481 e. The number of ketones is 1. The molecule has 0 saturated carbocycles. The predicted octanol–water partition coefficient (Wildman–Crippen LogP) is 4.95. The Bertz CT molecular complexity index is 621. The average Bonchev–Trinajstić information content (AvgIpc) is 2.42. The van der Waals surface area contributed by atoms with E-state index in [0.717, 1.165) is 5.56 Å². The van der Waals surface area contributed by atoms with E-state index in [2.05, 4.69) is 0 Å². The van der Waals surface area contributed by atoms with Gasteiger partial charge in [-0.2, -0.15) is 0 Å². The van der Waals surface area contributed by atoms with Gasteiger partial charge in [-0.25, -0.2) is 0 Å². The van der Waals surface area contributed by atoms with Crippen molar-refractivity contribution in [1.29, 1.82) is 0 Å². The number of rotatable bonds is 4. The van der Waals surface area contributed by atoms with E-state index in [1.54, 1.807) is 37.3 Å². The number of Topliss-reactive ketones (excluding diaryl/α,β-unsaturated/α-hetero) is 1. The van der Waals surface area contributed by atoms with Crippen molar-refractivity contribution in [3.8, 4) is 5.75 Å². The Morgan fingerprint density at radius 3 is 2.35 bits per heavy atom. The summed E-state index contributed by atoms with van der Waals surface area (Å²) in [7, 11) is 0. The number of aryl methyl sites for hydroxylation is 1. The highest BCUT2D eigenvalue weighted by Crippen LogP contribution is 2.28. The van der Waals surface area contributed by atoms with Gasteiger partial charge >= 0.3 is 0 Å². The molecule has 20 heavy (non-hydrogen) atoms. The summed E-state index contributed by atoms with van der Waals surface area (Å²) in [6, 6.07) is 12.3. The Kier molecular flexibility index (Phi) is 4.69. The van der Waals surface area contributed by atoms with Crippen molar-refractivity contribution in [3.05, 3.63) is 63.6 Å². The third kappa shape index (κ3) is 3.53. The molecule has 0 aliphatic heterocycles. The SMILES string of the molecule is Cc1ccc(C(=O)C(C)Oc2ccc(Cl)cc2Cl)cc1. The standard InChI is InChI=1S/C16H14Cl2O2/c1-10-3-5-12(6-4-10)16(19)11(2)20-15-8-7-13(17)9-14(15)18/h3-9,11H,1-2H3. The molecule has 0 aliphatic rings.